The van der Waals surface area contributed by atoms with Gasteiger partial charge in [0.15, 0.2) is 5.83 Å². The molecule has 6 aliphatic rings. The van der Waals surface area contributed by atoms with Gasteiger partial charge in [-0.2, -0.15) is 115 Å². The van der Waals surface area contributed by atoms with Crippen molar-refractivity contribution < 1.29 is 59.3 Å². The van der Waals surface area contributed by atoms with Gasteiger partial charge in [-0.15, -0.1) is 0 Å². The Morgan fingerprint density at radius 1 is 0.616 bits per heavy atom. The molecular weight excluding hydrogens is 1380 g/mol. The third-order valence-corrected chi connectivity index (χ3v) is 18.2. The first-order chi connectivity index (χ1) is 44.3. The highest BCUT2D eigenvalue weighted by Crippen LogP contribution is 2.47. The number of rotatable bonds is 14. The van der Waals surface area contributed by atoms with Crippen molar-refractivity contribution in [3.63, 3.8) is 0 Å². The van der Waals surface area contributed by atoms with Crippen LogP contribution in [0.1, 0.15) is 98.1 Å². The molecule has 1 amide bonds. The summed E-state index contributed by atoms with van der Waals surface area (Å²) >= 11 is 0. The first-order valence-corrected chi connectivity index (χ1v) is 30.8. The summed E-state index contributed by atoms with van der Waals surface area (Å²) in [6.45, 7) is 29.7. The number of carboxylic acid groups (broad SMARTS) is 1. The van der Waals surface area contributed by atoms with Crippen molar-refractivity contribution in [3.8, 4) is 12.0 Å². The van der Waals surface area contributed by atoms with Crippen molar-refractivity contribution in [2.24, 2.45) is 5.92 Å². The quantitative estimate of drug-likeness (QED) is 0.0525. The van der Waals surface area contributed by atoms with Crippen LogP contribution >= 0.6 is 54.0 Å². The Balaban J connectivity index is 0.000000369. The number of piperidine rings is 1. The zero-order chi connectivity index (χ0) is 66.6. The number of aryl methyl sites for hydroxylation is 2. The number of carbonyl (C=O) groups is 2. The number of likely N-dealkylation sites (N-methyl/N-ethyl adjacent to an activating group) is 2. The second kappa shape index (κ2) is 35.7. The van der Waals surface area contributed by atoms with Gasteiger partial charge in [-0.05, 0) is 116 Å². The summed E-state index contributed by atoms with van der Waals surface area (Å²) in [7, 11) is 4.11. The van der Waals surface area contributed by atoms with Crippen molar-refractivity contribution in [2.75, 3.05) is 119 Å². The molecule has 0 spiro atoms. The van der Waals surface area contributed by atoms with Crippen molar-refractivity contribution in [1.82, 2.24) is 55.0 Å². The van der Waals surface area contributed by atoms with E-state index in [1.54, 1.807) is 9.80 Å². The number of hydrogen-bond acceptors (Lipinski definition) is 16. The number of benzene rings is 2. The number of likely N-dealkylation sites (tertiary alicyclic amines) is 2. The number of aromatic nitrogens is 8. The highest BCUT2D eigenvalue weighted by atomic mass is 32.1. The van der Waals surface area contributed by atoms with Gasteiger partial charge in [0.25, 0.3) is 5.91 Å². The molecule has 0 radical (unpaired) electrons. The van der Waals surface area contributed by atoms with Gasteiger partial charge in [-0.3, -0.25) is 15.0 Å². The zero-order valence-electron chi connectivity index (χ0n) is 54.1. The molecule has 6 aromatic rings. The fourth-order valence-corrected chi connectivity index (χ4v) is 13.6. The zero-order valence-corrected chi connectivity index (χ0v) is 58.1. The van der Waals surface area contributed by atoms with Crippen LogP contribution in [-0.4, -0.2) is 189 Å². The third kappa shape index (κ3) is 18.9. The van der Waals surface area contributed by atoms with Crippen LogP contribution in [0.2, 0.25) is 0 Å². The predicted molar refractivity (Wildman–Crippen MR) is 386 cm³/mol. The normalized spacial score (nSPS) is 19.0. The second-order valence-corrected chi connectivity index (χ2v) is 24.4. The number of piperazine rings is 1. The number of carbonyl (C=O) groups excluding carboxylic acids is 1. The molecule has 4 fully saturated rings. The van der Waals surface area contributed by atoms with E-state index in [9.17, 15) is 44.7 Å². The fraction of sp³-hybridized carbons (Fsp3) is 0.538. The highest BCUT2D eigenvalue weighted by molar-refractivity contribution is 7.59. The Morgan fingerprint density at radius 2 is 1.05 bits per heavy atom. The Hall–Kier alpha value is -7.50. The summed E-state index contributed by atoms with van der Waals surface area (Å²) < 4.78 is 124. The average molecular weight is 1470 g/mol. The maximum atomic E-state index is 14.5. The molecule has 6 aliphatic heterocycles. The molecule has 2 aromatic carbocycles. The lowest BCUT2D eigenvalue weighted by molar-refractivity contribution is -0.138. The maximum absolute atomic E-state index is 14.5. The molecule has 22 nitrogen and oxygen atoms in total. The summed E-state index contributed by atoms with van der Waals surface area (Å²) in [5.41, 5.74) is 3.11. The first-order valence-electron chi connectivity index (χ1n) is 30.8. The molecule has 4 atom stereocenters. The molecule has 99 heavy (non-hydrogen) atoms. The van der Waals surface area contributed by atoms with Crippen molar-refractivity contribution in [1.29, 1.82) is 0 Å². The number of ether oxygens (including phenoxy) is 2. The molecule has 0 saturated carbocycles. The van der Waals surface area contributed by atoms with E-state index in [2.05, 4.69) is 65.0 Å². The van der Waals surface area contributed by atoms with Crippen molar-refractivity contribution in [3.05, 3.63) is 117 Å². The molecule has 4 saturated heterocycles. The highest BCUT2D eigenvalue weighted by Gasteiger charge is 2.43. The molecule has 0 aliphatic carbocycles. The molecule has 544 valence electrons. The van der Waals surface area contributed by atoms with Crippen LogP contribution in [0.25, 0.3) is 31.5 Å². The van der Waals surface area contributed by atoms with Gasteiger partial charge in [-0.1, -0.05) is 28.0 Å². The van der Waals surface area contributed by atoms with Crippen LogP contribution in [0, 0.1) is 32.9 Å². The summed E-state index contributed by atoms with van der Waals surface area (Å²) in [5.74, 6) is -3.24. The van der Waals surface area contributed by atoms with Gasteiger partial charge in [0.05, 0.1) is 70.4 Å². The molecule has 12 rings (SSSR count). The molecule has 3 N–H and O–H groups in total. The number of nitrogens with zero attached hydrogens (tertiary/aromatic N) is 15. The lowest BCUT2D eigenvalue weighted by Crippen LogP contribution is -2.57. The summed E-state index contributed by atoms with van der Waals surface area (Å²) in [5, 5.41) is 22.0. The van der Waals surface area contributed by atoms with Crippen LogP contribution in [-0.2, 0) is 47.9 Å². The molecule has 0 bridgehead atoms. The average Bonchev–Trinajstić information content (AvgIpc) is 1.74. The summed E-state index contributed by atoms with van der Waals surface area (Å²) in [6.07, 6.45) is 0.759. The lowest BCUT2D eigenvalue weighted by Gasteiger charge is -2.41. The molecule has 4 aromatic heterocycles. The number of alkyl halides is 6. The second-order valence-electron chi connectivity index (χ2n) is 24.4. The summed E-state index contributed by atoms with van der Waals surface area (Å²) in [6, 6.07) is 3.20. The Morgan fingerprint density at radius 3 is 1.44 bits per heavy atom. The Kier molecular flexibility index (Phi) is 30.3. The number of carboxylic acids is 1. The first kappa shape index (κ1) is 83.9. The molecule has 10 heterocycles. The largest absolute Gasteiger partial charge is 0.476 e. The van der Waals surface area contributed by atoms with Crippen LogP contribution in [0.3, 0.4) is 0 Å². The van der Waals surface area contributed by atoms with E-state index in [1.807, 2.05) is 11.9 Å². The Bertz CT molecular complexity index is 3880. The van der Waals surface area contributed by atoms with E-state index in [0.717, 1.165) is 81.6 Å². The standard InChI is InChI=1S/C31H35F4N9O2.C29H35F3N8O.C3H3FO2.2CH4.4H2S/c1-18-12-24-23(14-37-40-24)27(26(18)31(33,34)35)42-9-7-22-25(16-42)38-30(46-17-20-6-5-8-41(20)4)39-28(22)43-10-11-44(29(45)19(2)32)21(15-43)13-36-3;1-18-12-23-22(14-34-37-23)26(25(18)29(30,31)32)39-11-8-21-24(16-39)35-28(41-17-20-7-5-9-38(20)3)36-27(21)40-10-4-6-19(15-40)13-33-2;1-2(4)3(5)6;;;;;;/h12,14,20-21H,2,5-11,13,15-17H2,1,4H3,(H,37,40);12,14,19-20H,4-11,13,15-17H2,1,3H3,(H,34,37);1H2,(H,5,6);2*1H4;4*1H2/t20-,21-;19-,20-;;;;;;;/m00......./s1. The minimum absolute atomic E-state index is 0. The molecular formula is C65H89F8N17O5S4. The van der Waals surface area contributed by atoms with E-state index in [-0.39, 0.29) is 161 Å². The number of anilines is 4. The van der Waals surface area contributed by atoms with Crippen LogP contribution in [0.4, 0.5) is 58.1 Å². The monoisotopic (exact) mass is 1470 g/mol. The van der Waals surface area contributed by atoms with Gasteiger partial charge >= 0.3 is 30.3 Å². The van der Waals surface area contributed by atoms with Crippen LogP contribution in [0.5, 0.6) is 12.0 Å². The van der Waals surface area contributed by atoms with Crippen LogP contribution < -0.4 is 29.1 Å². The predicted octanol–water partition coefficient (Wildman–Crippen LogP) is 11.3. The smallest absolute Gasteiger partial charge is 0.418 e. The lowest BCUT2D eigenvalue weighted by atomic mass is 9.96. The van der Waals surface area contributed by atoms with E-state index in [0.29, 0.717) is 84.7 Å². The number of fused-ring (bicyclic) bond motifs is 4. The minimum Gasteiger partial charge on any atom is -0.476 e. The number of aliphatic carboxylic acids is 1. The van der Waals surface area contributed by atoms with Gasteiger partial charge in [0.2, 0.25) is 18.9 Å². The van der Waals surface area contributed by atoms with Crippen molar-refractivity contribution in [2.45, 2.75) is 124 Å². The number of H-pyrrole nitrogens is 2. The summed E-state index contributed by atoms with van der Waals surface area (Å²) in [4.78, 5) is 61.5. The SMILES string of the molecule is C.C.C=C(F)C(=O)O.S.S.S.S.[C-]#[N+]C[C@@H]1CCCN(c2nc(OC[C@@H]3CCCN3C)nc3c2CCN(c2c(C(F)(F)F)c(C)cc4[nH]ncc24)C3)C1.[C-]#[N+]C[C@H]1CN(c2nc(OC[C@@H]3CCCN3C)nc3c2CCN(c2c(C(F)(F)F)c(C)cc4[nH]ncc24)C3)CCN1C(=O)C(=C)F. The number of aromatic amines is 2. The van der Waals surface area contributed by atoms with Crippen molar-refractivity contribution >= 4 is 111 Å². The van der Waals surface area contributed by atoms with Gasteiger partial charge < -0.3 is 58.6 Å². The van der Waals surface area contributed by atoms with Gasteiger partial charge in [-0.25, -0.2) is 22.3 Å². The fourth-order valence-electron chi connectivity index (χ4n) is 13.6. The number of halogens is 8. The number of hydrogen-bond donors (Lipinski definition) is 3. The van der Waals surface area contributed by atoms with E-state index in [1.165, 1.54) is 43.3 Å². The van der Waals surface area contributed by atoms with Gasteiger partial charge in [0, 0.05) is 85.7 Å². The minimum atomic E-state index is -4.59. The third-order valence-electron chi connectivity index (χ3n) is 18.2. The Labute approximate surface area is 599 Å². The topological polar surface area (TPSA) is 213 Å². The number of amides is 1. The van der Waals surface area contributed by atoms with E-state index < -0.39 is 53.1 Å². The molecule has 34 heteroatoms. The van der Waals surface area contributed by atoms with E-state index >= 15 is 0 Å². The van der Waals surface area contributed by atoms with E-state index in [4.69, 9.17) is 47.7 Å². The number of nitrogens with one attached hydrogen (secondary N) is 2. The molecule has 0 unspecified atom stereocenters. The maximum Gasteiger partial charge on any atom is 0.418 e. The van der Waals surface area contributed by atoms with Gasteiger partial charge in [0.1, 0.15) is 30.9 Å². The van der Waals surface area contributed by atoms with Crippen LogP contribution in [0.15, 0.2) is 49.3 Å².